The van der Waals surface area contributed by atoms with Crippen molar-refractivity contribution in [2.24, 2.45) is 0 Å². The number of carbonyl (C=O) groups is 1. The number of aliphatic hydroxyl groups is 1. The number of allylic oxidation sites excluding steroid dienone is 1. The van der Waals surface area contributed by atoms with Crippen molar-refractivity contribution < 1.29 is 19.4 Å². The first-order chi connectivity index (χ1) is 14.4. The predicted octanol–water partition coefficient (Wildman–Crippen LogP) is 4.00. The van der Waals surface area contributed by atoms with Crippen LogP contribution in [-0.2, 0) is 10.5 Å². The maximum Gasteiger partial charge on any atom is 0.231 e. The summed E-state index contributed by atoms with van der Waals surface area (Å²) >= 11 is 7.42. The first kappa shape index (κ1) is 20.6. The van der Waals surface area contributed by atoms with Crippen LogP contribution in [0.15, 0.2) is 53.1 Å². The summed E-state index contributed by atoms with van der Waals surface area (Å²) in [5.74, 6) is 0.531. The molecule has 0 aliphatic carbocycles. The lowest BCUT2D eigenvalue weighted by molar-refractivity contribution is -0.149. The van der Waals surface area contributed by atoms with Crippen LogP contribution < -0.4 is 9.47 Å². The molecule has 0 unspecified atom stereocenters. The molecule has 6 nitrogen and oxygen atoms in total. The van der Waals surface area contributed by atoms with Crippen LogP contribution in [0.4, 0.5) is 0 Å². The van der Waals surface area contributed by atoms with Crippen molar-refractivity contribution in [3.8, 4) is 17.6 Å². The van der Waals surface area contributed by atoms with Crippen LogP contribution in [0.25, 0.3) is 0 Å². The Morgan fingerprint density at radius 2 is 2.00 bits per heavy atom. The Labute approximate surface area is 183 Å². The first-order valence-corrected chi connectivity index (χ1v) is 10.6. The van der Waals surface area contributed by atoms with E-state index in [1.807, 2.05) is 6.07 Å². The van der Waals surface area contributed by atoms with Crippen molar-refractivity contribution in [3.05, 3.63) is 69.2 Å². The Hall–Kier alpha value is -2.66. The fourth-order valence-corrected chi connectivity index (χ4v) is 5.49. The number of hydrogen-bond donors (Lipinski definition) is 1. The molecule has 8 heteroatoms. The van der Waals surface area contributed by atoms with Crippen molar-refractivity contribution in [1.82, 2.24) is 4.90 Å². The highest BCUT2D eigenvalue weighted by atomic mass is 35.5. The highest BCUT2D eigenvalue weighted by Crippen LogP contribution is 2.52. The van der Waals surface area contributed by atoms with Gasteiger partial charge in [-0.15, -0.1) is 11.8 Å². The molecule has 0 aromatic heterocycles. The van der Waals surface area contributed by atoms with Crippen molar-refractivity contribution in [3.63, 3.8) is 0 Å². The van der Waals surface area contributed by atoms with Crippen LogP contribution in [0.2, 0.25) is 5.02 Å². The van der Waals surface area contributed by atoms with Crippen molar-refractivity contribution in [1.29, 1.82) is 5.26 Å². The smallest absolute Gasteiger partial charge is 0.231 e. The van der Waals surface area contributed by atoms with Crippen molar-refractivity contribution >= 4 is 29.3 Å². The van der Waals surface area contributed by atoms with Gasteiger partial charge in [-0.2, -0.15) is 5.26 Å². The van der Waals surface area contributed by atoms with Gasteiger partial charge in [0.1, 0.15) is 0 Å². The number of ether oxygens (including phenoxy) is 2. The van der Waals surface area contributed by atoms with Gasteiger partial charge in [0.05, 0.1) is 36.6 Å². The standard InChI is InChI=1S/C22H19ClN2O4S/c1-28-18-7-6-14(9-19(18)29-2)22(27)12-30-21-17(11-24)16(10-20(26)25(21)22)13-4-3-5-15(23)8-13/h3-9,16,27H,10,12H2,1-2H3/t16-,22+/m1/s1. The number of methoxy groups -OCH3 is 2. The maximum absolute atomic E-state index is 13.2. The van der Waals surface area contributed by atoms with E-state index in [0.29, 0.717) is 32.7 Å². The van der Waals surface area contributed by atoms with Gasteiger partial charge in [0.15, 0.2) is 17.2 Å². The molecular formula is C22H19ClN2O4S. The van der Waals surface area contributed by atoms with Crippen molar-refractivity contribution in [2.45, 2.75) is 18.1 Å². The molecule has 2 aromatic carbocycles. The number of hydrogen-bond acceptors (Lipinski definition) is 6. The molecule has 154 valence electrons. The van der Waals surface area contributed by atoms with E-state index in [9.17, 15) is 15.2 Å². The Bertz CT molecular complexity index is 1100. The van der Waals surface area contributed by atoms with E-state index in [0.717, 1.165) is 5.56 Å². The number of fused-ring (bicyclic) bond motifs is 1. The minimum absolute atomic E-state index is 0.0723. The van der Waals surface area contributed by atoms with E-state index in [-0.39, 0.29) is 18.1 Å². The monoisotopic (exact) mass is 442 g/mol. The van der Waals surface area contributed by atoms with E-state index < -0.39 is 11.6 Å². The Kier molecular flexibility index (Phi) is 5.41. The summed E-state index contributed by atoms with van der Waals surface area (Å²) in [6.07, 6.45) is 0.0723. The predicted molar refractivity (Wildman–Crippen MR) is 114 cm³/mol. The lowest BCUT2D eigenvalue weighted by Gasteiger charge is -2.38. The fraction of sp³-hybridized carbons (Fsp3) is 0.273. The van der Waals surface area contributed by atoms with Crippen LogP contribution in [0, 0.1) is 11.3 Å². The molecule has 2 atom stereocenters. The second-order valence-electron chi connectivity index (χ2n) is 7.05. The average molecular weight is 443 g/mol. The number of thioether (sulfide) groups is 1. The molecule has 30 heavy (non-hydrogen) atoms. The molecule has 0 saturated carbocycles. The third-order valence-corrected chi connectivity index (χ3v) is 6.87. The summed E-state index contributed by atoms with van der Waals surface area (Å²) in [7, 11) is 3.04. The summed E-state index contributed by atoms with van der Waals surface area (Å²) in [6.45, 7) is 0. The number of amides is 1. The zero-order chi connectivity index (χ0) is 21.5. The zero-order valence-electron chi connectivity index (χ0n) is 16.4. The number of nitrogens with zero attached hydrogens (tertiary/aromatic N) is 2. The summed E-state index contributed by atoms with van der Waals surface area (Å²) < 4.78 is 10.6. The molecule has 2 heterocycles. The molecule has 1 fully saturated rings. The molecule has 1 saturated heterocycles. The van der Waals surface area contributed by atoms with E-state index in [1.165, 1.54) is 30.9 Å². The highest BCUT2D eigenvalue weighted by Gasteiger charge is 2.52. The quantitative estimate of drug-likeness (QED) is 0.770. The van der Waals surface area contributed by atoms with Gasteiger partial charge >= 0.3 is 0 Å². The highest BCUT2D eigenvalue weighted by molar-refractivity contribution is 8.03. The van der Waals surface area contributed by atoms with E-state index in [2.05, 4.69) is 6.07 Å². The van der Waals surface area contributed by atoms with Crippen LogP contribution in [0.1, 0.15) is 23.5 Å². The van der Waals surface area contributed by atoms with Gasteiger partial charge in [0, 0.05) is 22.9 Å². The molecule has 1 amide bonds. The van der Waals surface area contributed by atoms with E-state index in [4.69, 9.17) is 21.1 Å². The minimum Gasteiger partial charge on any atom is -0.493 e. The van der Waals surface area contributed by atoms with Crippen LogP contribution in [0.3, 0.4) is 0 Å². The Morgan fingerprint density at radius 3 is 2.67 bits per heavy atom. The van der Waals surface area contributed by atoms with Gasteiger partial charge < -0.3 is 14.6 Å². The first-order valence-electron chi connectivity index (χ1n) is 9.23. The maximum atomic E-state index is 13.2. The Balaban J connectivity index is 1.80. The van der Waals surface area contributed by atoms with Crippen molar-refractivity contribution in [2.75, 3.05) is 20.0 Å². The van der Waals surface area contributed by atoms with Gasteiger partial charge in [-0.1, -0.05) is 29.8 Å². The summed E-state index contributed by atoms with van der Waals surface area (Å²) in [4.78, 5) is 14.5. The molecule has 0 radical (unpaired) electrons. The Morgan fingerprint density at radius 1 is 1.23 bits per heavy atom. The molecule has 4 rings (SSSR count). The molecule has 0 spiro atoms. The van der Waals surface area contributed by atoms with Crippen LogP contribution in [-0.4, -0.2) is 35.9 Å². The van der Waals surface area contributed by atoms with Gasteiger partial charge in [0.2, 0.25) is 5.91 Å². The third kappa shape index (κ3) is 3.21. The number of rotatable bonds is 4. The zero-order valence-corrected chi connectivity index (χ0v) is 18.0. The number of benzene rings is 2. The van der Waals surface area contributed by atoms with Crippen LogP contribution in [0.5, 0.6) is 11.5 Å². The molecular weight excluding hydrogens is 424 g/mol. The van der Waals surface area contributed by atoms with Gasteiger partial charge in [0.25, 0.3) is 0 Å². The van der Waals surface area contributed by atoms with E-state index >= 15 is 0 Å². The molecule has 0 bridgehead atoms. The lowest BCUT2D eigenvalue weighted by atomic mass is 9.85. The SMILES string of the molecule is COc1ccc([C@@]2(O)CSC3=C(C#N)[C@@H](c4cccc(Cl)c4)CC(=O)N32)cc1OC. The second kappa shape index (κ2) is 7.88. The molecule has 2 aliphatic rings. The van der Waals surface area contributed by atoms with E-state index in [1.54, 1.807) is 36.4 Å². The average Bonchev–Trinajstić information content (AvgIpc) is 3.12. The molecule has 2 aromatic rings. The van der Waals surface area contributed by atoms with Crippen LogP contribution >= 0.6 is 23.4 Å². The number of carbonyl (C=O) groups excluding carboxylic acids is 1. The number of nitriles is 1. The second-order valence-corrected chi connectivity index (χ2v) is 8.45. The largest absolute Gasteiger partial charge is 0.493 e. The normalized spacial score (nSPS) is 23.2. The summed E-state index contributed by atoms with van der Waals surface area (Å²) in [5.41, 5.74) is 0.173. The molecule has 2 aliphatic heterocycles. The number of halogens is 1. The fourth-order valence-electron chi connectivity index (χ4n) is 3.93. The van der Waals surface area contributed by atoms with Gasteiger partial charge in [-0.05, 0) is 29.8 Å². The molecule has 1 N–H and O–H groups in total. The minimum atomic E-state index is -1.59. The summed E-state index contributed by atoms with van der Waals surface area (Å²) in [5, 5.41) is 22.5. The van der Waals surface area contributed by atoms with Gasteiger partial charge in [-0.25, -0.2) is 0 Å². The summed E-state index contributed by atoms with van der Waals surface area (Å²) in [6, 6.07) is 14.5. The lowest BCUT2D eigenvalue weighted by Crippen LogP contribution is -2.48. The topological polar surface area (TPSA) is 82.8 Å². The third-order valence-electron chi connectivity index (χ3n) is 5.41. The van der Waals surface area contributed by atoms with Gasteiger partial charge in [-0.3, -0.25) is 9.69 Å².